The first-order valence-electron chi connectivity index (χ1n) is 5.84. The number of aryl methyl sites for hydroxylation is 1. The van der Waals surface area contributed by atoms with Crippen LogP contribution in [0.3, 0.4) is 0 Å². The molecule has 104 valence electrons. The summed E-state index contributed by atoms with van der Waals surface area (Å²) in [6.07, 6.45) is 0.993. The number of nitrogens with zero attached hydrogens (tertiary/aromatic N) is 4. The molecule has 0 aromatic carbocycles. The van der Waals surface area contributed by atoms with Gasteiger partial charge in [-0.2, -0.15) is 16.7 Å². The van der Waals surface area contributed by atoms with Crippen LogP contribution in [-0.2, 0) is 0 Å². The van der Waals surface area contributed by atoms with Crippen LogP contribution in [0.2, 0.25) is 0 Å². The number of anilines is 2. The summed E-state index contributed by atoms with van der Waals surface area (Å²) in [6, 6.07) is 0.253. The molecule has 9 heteroatoms. The van der Waals surface area contributed by atoms with Crippen LogP contribution in [0, 0.1) is 17.0 Å². The summed E-state index contributed by atoms with van der Waals surface area (Å²) in [5.74, 6) is 7.82. The Hall–Kier alpha value is -1.61. The fourth-order valence-electron chi connectivity index (χ4n) is 2.08. The first-order chi connectivity index (χ1) is 9.04. The van der Waals surface area contributed by atoms with E-state index in [0.29, 0.717) is 11.5 Å². The van der Waals surface area contributed by atoms with Crippen molar-refractivity contribution in [2.75, 3.05) is 28.9 Å². The molecule has 0 spiro atoms. The van der Waals surface area contributed by atoms with Crippen molar-refractivity contribution in [3.8, 4) is 0 Å². The molecular weight excluding hydrogens is 268 g/mol. The Balaban J connectivity index is 2.45. The largest absolute Gasteiger partial charge is 0.350 e. The smallest absolute Gasteiger partial charge is 0.332 e. The maximum atomic E-state index is 11.2. The second-order valence-electron chi connectivity index (χ2n) is 4.33. The van der Waals surface area contributed by atoms with Gasteiger partial charge in [-0.1, -0.05) is 0 Å². The summed E-state index contributed by atoms with van der Waals surface area (Å²) in [4.78, 5) is 20.7. The van der Waals surface area contributed by atoms with E-state index in [0.717, 1.165) is 17.9 Å². The highest BCUT2D eigenvalue weighted by Gasteiger charge is 2.29. The summed E-state index contributed by atoms with van der Waals surface area (Å²) >= 11 is 1.84. The van der Waals surface area contributed by atoms with E-state index in [1.807, 2.05) is 23.7 Å². The Kier molecular flexibility index (Phi) is 4.05. The van der Waals surface area contributed by atoms with E-state index in [4.69, 9.17) is 5.84 Å². The lowest BCUT2D eigenvalue weighted by Crippen LogP contribution is -2.33. The molecule has 3 N–H and O–H groups in total. The third-order valence-corrected chi connectivity index (χ3v) is 4.28. The number of thioether (sulfide) groups is 1. The van der Waals surface area contributed by atoms with Crippen LogP contribution in [0.15, 0.2) is 0 Å². The van der Waals surface area contributed by atoms with E-state index < -0.39 is 4.92 Å². The van der Waals surface area contributed by atoms with Crippen molar-refractivity contribution in [2.45, 2.75) is 19.4 Å². The molecule has 0 radical (unpaired) electrons. The van der Waals surface area contributed by atoms with E-state index in [-0.39, 0.29) is 17.7 Å². The predicted molar refractivity (Wildman–Crippen MR) is 75.4 cm³/mol. The van der Waals surface area contributed by atoms with Crippen molar-refractivity contribution in [3.63, 3.8) is 0 Å². The monoisotopic (exact) mass is 284 g/mol. The van der Waals surface area contributed by atoms with Gasteiger partial charge in [-0.25, -0.2) is 10.8 Å². The van der Waals surface area contributed by atoms with E-state index >= 15 is 0 Å². The molecule has 1 aliphatic rings. The summed E-state index contributed by atoms with van der Waals surface area (Å²) in [7, 11) is 1.83. The molecule has 0 saturated carbocycles. The Morgan fingerprint density at radius 2 is 2.32 bits per heavy atom. The molecule has 1 atom stereocenters. The zero-order chi connectivity index (χ0) is 14.0. The molecule has 1 aromatic heterocycles. The maximum absolute atomic E-state index is 11.2. The summed E-state index contributed by atoms with van der Waals surface area (Å²) in [5, 5.41) is 11.2. The highest BCUT2D eigenvalue weighted by Crippen LogP contribution is 2.33. The summed E-state index contributed by atoms with van der Waals surface area (Å²) in [6.45, 7) is 1.58. The van der Waals surface area contributed by atoms with E-state index in [1.165, 1.54) is 0 Å². The zero-order valence-corrected chi connectivity index (χ0v) is 11.6. The van der Waals surface area contributed by atoms with Crippen LogP contribution in [0.1, 0.15) is 12.1 Å². The van der Waals surface area contributed by atoms with Gasteiger partial charge in [-0.15, -0.1) is 0 Å². The lowest BCUT2D eigenvalue weighted by Gasteiger charge is -2.25. The van der Waals surface area contributed by atoms with Gasteiger partial charge >= 0.3 is 5.69 Å². The second kappa shape index (κ2) is 5.57. The normalized spacial score (nSPS) is 18.4. The number of nitro groups is 1. The van der Waals surface area contributed by atoms with Crippen molar-refractivity contribution < 1.29 is 4.92 Å². The minimum absolute atomic E-state index is 0.0570. The van der Waals surface area contributed by atoms with Gasteiger partial charge in [0.05, 0.1) is 4.92 Å². The van der Waals surface area contributed by atoms with Crippen LogP contribution < -0.4 is 16.2 Å². The number of hydrogen-bond acceptors (Lipinski definition) is 8. The lowest BCUT2D eigenvalue weighted by molar-refractivity contribution is -0.385. The van der Waals surface area contributed by atoms with Crippen LogP contribution in [-0.4, -0.2) is 39.5 Å². The standard InChI is InChI=1S/C10H16N6O2S/c1-6-8(16(17)18)9(13-10(12-6)14-11)15(2)7-3-4-19-5-7/h7H,3-5,11H2,1-2H3,(H,12,13,14). The molecular formula is C10H16N6O2S. The van der Waals surface area contributed by atoms with Crippen molar-refractivity contribution >= 4 is 29.2 Å². The fraction of sp³-hybridized carbons (Fsp3) is 0.600. The highest BCUT2D eigenvalue weighted by atomic mass is 32.2. The molecule has 8 nitrogen and oxygen atoms in total. The van der Waals surface area contributed by atoms with Crippen LogP contribution in [0.5, 0.6) is 0 Å². The van der Waals surface area contributed by atoms with Crippen LogP contribution in [0.25, 0.3) is 0 Å². The van der Waals surface area contributed by atoms with Crippen molar-refractivity contribution in [3.05, 3.63) is 15.8 Å². The Morgan fingerprint density at radius 1 is 1.58 bits per heavy atom. The van der Waals surface area contributed by atoms with Gasteiger partial charge in [0.25, 0.3) is 0 Å². The molecule has 0 amide bonds. The summed E-state index contributed by atoms with van der Waals surface area (Å²) < 4.78 is 0. The molecule has 2 heterocycles. The molecule has 1 unspecified atom stereocenters. The number of nitrogens with one attached hydrogen (secondary N) is 1. The third kappa shape index (κ3) is 2.71. The van der Waals surface area contributed by atoms with Crippen LogP contribution >= 0.6 is 11.8 Å². The molecule has 0 aliphatic carbocycles. The van der Waals surface area contributed by atoms with Gasteiger partial charge < -0.3 is 4.90 Å². The van der Waals surface area contributed by atoms with Crippen LogP contribution in [0.4, 0.5) is 17.5 Å². The zero-order valence-electron chi connectivity index (χ0n) is 10.8. The average Bonchev–Trinajstić information content (AvgIpc) is 2.90. The minimum atomic E-state index is -0.441. The van der Waals surface area contributed by atoms with Gasteiger partial charge in [0.2, 0.25) is 11.8 Å². The molecule has 0 bridgehead atoms. The average molecular weight is 284 g/mol. The number of aromatic nitrogens is 2. The van der Waals surface area contributed by atoms with Crippen molar-refractivity contribution in [1.29, 1.82) is 0 Å². The Labute approximate surface area is 114 Å². The fourth-order valence-corrected chi connectivity index (χ4v) is 3.34. The van der Waals surface area contributed by atoms with E-state index in [9.17, 15) is 10.1 Å². The Morgan fingerprint density at radius 3 is 2.84 bits per heavy atom. The SMILES string of the molecule is Cc1nc(NN)nc(N(C)C2CCSC2)c1[N+](=O)[O-]. The number of hydrazine groups is 1. The van der Waals surface area contributed by atoms with Crippen molar-refractivity contribution in [1.82, 2.24) is 9.97 Å². The number of nitrogens with two attached hydrogens (primary N) is 1. The molecule has 1 fully saturated rings. The number of rotatable bonds is 4. The molecule has 1 aromatic rings. The quantitative estimate of drug-likeness (QED) is 0.477. The molecule has 19 heavy (non-hydrogen) atoms. The second-order valence-corrected chi connectivity index (χ2v) is 5.48. The van der Waals surface area contributed by atoms with Gasteiger partial charge in [-0.05, 0) is 19.1 Å². The number of hydrogen-bond donors (Lipinski definition) is 2. The minimum Gasteiger partial charge on any atom is -0.350 e. The molecule has 1 saturated heterocycles. The van der Waals surface area contributed by atoms with Gasteiger partial charge in [0.15, 0.2) is 0 Å². The maximum Gasteiger partial charge on any atom is 0.332 e. The Bertz CT molecular complexity index is 491. The highest BCUT2D eigenvalue weighted by molar-refractivity contribution is 7.99. The number of nitrogen functional groups attached to an aromatic ring is 1. The van der Waals surface area contributed by atoms with Gasteiger partial charge in [-0.3, -0.25) is 15.5 Å². The first kappa shape index (κ1) is 13.8. The van der Waals surface area contributed by atoms with Gasteiger partial charge in [0, 0.05) is 18.8 Å². The van der Waals surface area contributed by atoms with Crippen molar-refractivity contribution in [2.24, 2.45) is 5.84 Å². The molecule has 2 rings (SSSR count). The van der Waals surface area contributed by atoms with E-state index in [2.05, 4.69) is 15.4 Å². The summed E-state index contributed by atoms with van der Waals surface area (Å²) in [5.41, 5.74) is 2.59. The van der Waals surface area contributed by atoms with E-state index in [1.54, 1.807) is 6.92 Å². The third-order valence-electron chi connectivity index (χ3n) is 3.14. The van der Waals surface area contributed by atoms with Gasteiger partial charge in [0.1, 0.15) is 5.69 Å². The lowest BCUT2D eigenvalue weighted by atomic mass is 10.2. The molecule has 1 aliphatic heterocycles. The first-order valence-corrected chi connectivity index (χ1v) is 7.00. The topological polar surface area (TPSA) is 110 Å². The predicted octanol–water partition coefficient (Wildman–Crippen LogP) is 0.921.